The molecule has 0 saturated carbocycles. The first-order chi connectivity index (χ1) is 32.2. The summed E-state index contributed by atoms with van der Waals surface area (Å²) < 4.78 is 9.65. The van der Waals surface area contributed by atoms with Crippen molar-refractivity contribution in [3.63, 3.8) is 0 Å². The lowest BCUT2D eigenvalue weighted by atomic mass is 10.1. The maximum absolute atomic E-state index is 11.7. The predicted octanol–water partition coefficient (Wildman–Crippen LogP) is 15.6. The monoisotopic (exact) mass is 904 g/mol. The van der Waals surface area contributed by atoms with Crippen molar-refractivity contribution in [2.45, 2.75) is 39.5 Å². The Bertz CT molecular complexity index is 2710. The van der Waals surface area contributed by atoms with Gasteiger partial charge < -0.3 is 19.3 Å². The minimum Gasteiger partial charge on any atom is -0.469 e. The molecule has 8 aromatic rings. The van der Waals surface area contributed by atoms with Gasteiger partial charge >= 0.3 is 11.9 Å². The smallest absolute Gasteiger partial charge is 0.305 e. The SMILES string of the molecule is COC(=O)CCc1ccc(N(c2ccccc2)c2ccc(/C=C/c3sc(-c4cc(C)c(/C=C/c5ccc(N(c6ccccc6)c6ccc(CCC(=O)OC)cc6)cc5)s4)cc3C)cc2)cc1. The Kier molecular flexibility index (Phi) is 14.8. The number of nitrogens with zero attached hydrogens (tertiary/aromatic N) is 2. The summed E-state index contributed by atoms with van der Waals surface area (Å²) in [5, 5.41) is 0. The van der Waals surface area contributed by atoms with Gasteiger partial charge in [0.25, 0.3) is 0 Å². The van der Waals surface area contributed by atoms with Crippen LogP contribution in [0, 0.1) is 13.8 Å². The van der Waals surface area contributed by atoms with Crippen LogP contribution in [-0.2, 0) is 31.9 Å². The first kappa shape index (κ1) is 45.3. The summed E-state index contributed by atoms with van der Waals surface area (Å²) in [6, 6.07) is 59.5. The summed E-state index contributed by atoms with van der Waals surface area (Å²) >= 11 is 3.65. The molecule has 2 heterocycles. The van der Waals surface area contributed by atoms with Gasteiger partial charge in [0.15, 0.2) is 0 Å². The predicted molar refractivity (Wildman–Crippen MR) is 278 cm³/mol. The third-order valence-electron chi connectivity index (χ3n) is 11.4. The molecule has 2 aromatic heterocycles. The second kappa shape index (κ2) is 21.6. The molecular formula is C58H52N2O4S2. The van der Waals surface area contributed by atoms with E-state index < -0.39 is 0 Å². The molecule has 0 saturated heterocycles. The Morgan fingerprint density at radius 3 is 1.09 bits per heavy atom. The van der Waals surface area contributed by atoms with E-state index in [9.17, 15) is 9.59 Å². The van der Waals surface area contributed by atoms with Crippen LogP contribution in [0.5, 0.6) is 0 Å². The lowest BCUT2D eigenvalue weighted by molar-refractivity contribution is -0.141. The highest BCUT2D eigenvalue weighted by Gasteiger charge is 2.15. The summed E-state index contributed by atoms with van der Waals surface area (Å²) in [5.74, 6) is -0.402. The maximum Gasteiger partial charge on any atom is 0.305 e. The van der Waals surface area contributed by atoms with E-state index in [4.69, 9.17) is 9.47 Å². The number of ether oxygens (including phenoxy) is 2. The fourth-order valence-corrected chi connectivity index (χ4v) is 9.97. The van der Waals surface area contributed by atoms with Crippen molar-refractivity contribution in [2.24, 2.45) is 0 Å². The Balaban J connectivity index is 0.937. The van der Waals surface area contributed by atoms with Crippen molar-refractivity contribution >= 4 is 93.0 Å². The van der Waals surface area contributed by atoms with Crippen LogP contribution in [-0.4, -0.2) is 26.2 Å². The van der Waals surface area contributed by atoms with Gasteiger partial charge in [0, 0.05) is 66.5 Å². The minimum absolute atomic E-state index is 0.201. The summed E-state index contributed by atoms with van der Waals surface area (Å²) in [7, 11) is 2.85. The van der Waals surface area contributed by atoms with Crippen molar-refractivity contribution in [1.82, 2.24) is 0 Å². The van der Waals surface area contributed by atoms with E-state index in [1.165, 1.54) is 44.9 Å². The van der Waals surface area contributed by atoms with Crippen molar-refractivity contribution in [3.8, 4) is 9.75 Å². The molecule has 0 N–H and O–H groups in total. The standard InChI is InChI=1S/C58H52N2O4S2/c1-41-39-55(65-53(41)35-23-43-15-27-49(28-16-43)59(47-11-7-5-8-12-47)51-31-19-45(20-32-51)25-37-57(61)63-3)56-40-42(2)54(66-56)36-24-44-17-29-50(30-18-44)60(48-13-9-6-10-14-48)52-33-21-46(22-34-52)26-38-58(62)64-4/h5-24,27-36,39-40H,25-26,37-38H2,1-4H3/b35-23+,36-24+. The Morgan fingerprint density at radius 2 is 0.758 bits per heavy atom. The molecule has 6 nitrogen and oxygen atoms in total. The third-order valence-corrected chi connectivity index (χ3v) is 14.0. The molecule has 330 valence electrons. The Hall–Kier alpha value is -7.26. The molecule has 8 rings (SSSR count). The fourth-order valence-electron chi connectivity index (χ4n) is 7.75. The summed E-state index contributed by atoms with van der Waals surface area (Å²) in [4.78, 5) is 32.9. The molecule has 0 spiro atoms. The number of para-hydroxylation sites is 2. The van der Waals surface area contributed by atoms with Crippen LogP contribution in [0.3, 0.4) is 0 Å². The van der Waals surface area contributed by atoms with E-state index in [1.807, 2.05) is 34.8 Å². The van der Waals surface area contributed by atoms with Gasteiger partial charge in [-0.05, 0) is 157 Å². The van der Waals surface area contributed by atoms with Gasteiger partial charge in [0.2, 0.25) is 0 Å². The van der Waals surface area contributed by atoms with Crippen LogP contribution in [0.1, 0.15) is 56.0 Å². The zero-order valence-corrected chi connectivity index (χ0v) is 39.3. The van der Waals surface area contributed by atoms with Gasteiger partial charge in [-0.1, -0.05) is 97.1 Å². The third kappa shape index (κ3) is 11.3. The molecule has 0 unspecified atom stereocenters. The maximum atomic E-state index is 11.7. The van der Waals surface area contributed by atoms with E-state index in [2.05, 4.69) is 206 Å². The highest BCUT2D eigenvalue weighted by atomic mass is 32.1. The number of rotatable bonds is 17. The summed E-state index contributed by atoms with van der Waals surface area (Å²) in [6.07, 6.45) is 10.9. The normalized spacial score (nSPS) is 11.3. The summed E-state index contributed by atoms with van der Waals surface area (Å²) in [5.41, 5.74) is 13.3. The van der Waals surface area contributed by atoms with Gasteiger partial charge in [0.1, 0.15) is 0 Å². The topological polar surface area (TPSA) is 59.1 Å². The number of benzene rings is 6. The van der Waals surface area contributed by atoms with Gasteiger partial charge in [-0.25, -0.2) is 0 Å². The minimum atomic E-state index is -0.201. The van der Waals surface area contributed by atoms with E-state index in [0.717, 1.165) is 56.4 Å². The number of anilines is 6. The van der Waals surface area contributed by atoms with Crippen LogP contribution in [0.4, 0.5) is 34.1 Å². The molecule has 0 aliphatic heterocycles. The number of esters is 2. The number of carbonyl (C=O) groups is 2. The number of thiophene rings is 2. The molecule has 0 aliphatic rings. The molecule has 0 amide bonds. The van der Waals surface area contributed by atoms with Crippen molar-refractivity contribution in [1.29, 1.82) is 0 Å². The Morgan fingerprint density at radius 1 is 0.439 bits per heavy atom. The number of methoxy groups -OCH3 is 2. The van der Waals surface area contributed by atoms with E-state index in [1.54, 1.807) is 0 Å². The molecule has 0 aliphatic carbocycles. The molecule has 0 fully saturated rings. The number of hydrogen-bond donors (Lipinski definition) is 0. The quantitative estimate of drug-likeness (QED) is 0.0849. The molecule has 66 heavy (non-hydrogen) atoms. The zero-order chi connectivity index (χ0) is 45.8. The van der Waals surface area contributed by atoms with Gasteiger partial charge in [-0.2, -0.15) is 0 Å². The van der Waals surface area contributed by atoms with Gasteiger partial charge in [-0.15, -0.1) is 22.7 Å². The van der Waals surface area contributed by atoms with Crippen LogP contribution in [0.2, 0.25) is 0 Å². The van der Waals surface area contributed by atoms with Gasteiger partial charge in [-0.3, -0.25) is 9.59 Å². The first-order valence-corrected chi connectivity index (χ1v) is 23.7. The second-order valence-corrected chi connectivity index (χ2v) is 18.2. The van der Waals surface area contributed by atoms with Crippen LogP contribution in [0.25, 0.3) is 34.1 Å². The second-order valence-electron chi connectivity index (χ2n) is 16.0. The fraction of sp³-hybridized carbons (Fsp3) is 0.138. The highest BCUT2D eigenvalue weighted by Crippen LogP contribution is 2.40. The average Bonchev–Trinajstić information content (AvgIpc) is 3.94. The van der Waals surface area contributed by atoms with Crippen molar-refractivity contribution in [2.75, 3.05) is 24.0 Å². The van der Waals surface area contributed by atoms with Crippen LogP contribution >= 0.6 is 22.7 Å². The number of aryl methyl sites for hydroxylation is 4. The average molecular weight is 905 g/mol. The number of carbonyl (C=O) groups excluding carboxylic acids is 2. The number of hydrogen-bond acceptors (Lipinski definition) is 8. The Labute approximate surface area is 396 Å². The lowest BCUT2D eigenvalue weighted by Crippen LogP contribution is -2.10. The van der Waals surface area contributed by atoms with E-state index in [0.29, 0.717) is 25.7 Å². The molecule has 8 heteroatoms. The van der Waals surface area contributed by atoms with Crippen LogP contribution in [0.15, 0.2) is 170 Å². The highest BCUT2D eigenvalue weighted by molar-refractivity contribution is 7.23. The van der Waals surface area contributed by atoms with E-state index in [-0.39, 0.29) is 11.9 Å². The van der Waals surface area contributed by atoms with Crippen molar-refractivity contribution in [3.05, 3.63) is 213 Å². The van der Waals surface area contributed by atoms with Crippen molar-refractivity contribution < 1.29 is 19.1 Å². The molecule has 0 bridgehead atoms. The molecule has 0 radical (unpaired) electrons. The zero-order valence-electron chi connectivity index (χ0n) is 37.6. The molecular weight excluding hydrogens is 853 g/mol. The summed E-state index contributed by atoms with van der Waals surface area (Å²) in [6.45, 7) is 4.38. The van der Waals surface area contributed by atoms with Gasteiger partial charge in [0.05, 0.1) is 14.2 Å². The molecule has 0 atom stereocenters. The van der Waals surface area contributed by atoms with E-state index >= 15 is 0 Å². The van der Waals surface area contributed by atoms with Crippen LogP contribution < -0.4 is 9.80 Å². The first-order valence-electron chi connectivity index (χ1n) is 22.0. The molecule has 6 aromatic carbocycles. The lowest BCUT2D eigenvalue weighted by Gasteiger charge is -2.25. The largest absolute Gasteiger partial charge is 0.469 e.